The number of nitrogens with one attached hydrogen (secondary N) is 1. The molecule has 1 spiro atoms. The Morgan fingerprint density at radius 2 is 1.84 bits per heavy atom. The van der Waals surface area contributed by atoms with E-state index in [4.69, 9.17) is 11.6 Å². The van der Waals surface area contributed by atoms with E-state index in [-0.39, 0.29) is 17.6 Å². The Hall–Kier alpha value is -2.46. The molecule has 0 aliphatic heterocycles. The summed E-state index contributed by atoms with van der Waals surface area (Å²) in [6.45, 7) is 2.05. The summed E-state index contributed by atoms with van der Waals surface area (Å²) >= 11 is 5.93. The zero-order chi connectivity index (χ0) is 22.3. The second-order valence-electron chi connectivity index (χ2n) is 9.79. The molecule has 2 saturated carbocycles. The van der Waals surface area contributed by atoms with Crippen LogP contribution in [0.2, 0.25) is 5.02 Å². The fourth-order valence-electron chi connectivity index (χ4n) is 5.85. The Bertz CT molecular complexity index is 1130. The molecule has 5 heteroatoms. The molecule has 166 valence electrons. The zero-order valence-corrected chi connectivity index (χ0v) is 19.0. The summed E-state index contributed by atoms with van der Waals surface area (Å²) in [4.78, 5) is 17.1. The van der Waals surface area contributed by atoms with Crippen molar-refractivity contribution >= 4 is 34.1 Å². The SMILES string of the molecule is CC(C(=O)Nc1ccc(Cl)cc1)C1CC2(CCC(c3ccnc4ccc(F)cc34)CC2)C1. The summed E-state index contributed by atoms with van der Waals surface area (Å²) in [6, 6.07) is 14.2. The molecule has 3 aromatic rings. The average Bonchev–Trinajstić information content (AvgIpc) is 2.78. The minimum atomic E-state index is -0.202. The predicted molar refractivity (Wildman–Crippen MR) is 127 cm³/mol. The lowest BCUT2D eigenvalue weighted by atomic mass is 9.52. The van der Waals surface area contributed by atoms with Crippen LogP contribution in [0, 0.1) is 23.1 Å². The molecule has 5 rings (SSSR count). The maximum absolute atomic E-state index is 13.8. The van der Waals surface area contributed by atoms with E-state index >= 15 is 0 Å². The monoisotopic (exact) mass is 450 g/mol. The molecule has 0 bridgehead atoms. The molecule has 0 saturated heterocycles. The number of fused-ring (bicyclic) bond motifs is 1. The molecule has 2 fully saturated rings. The van der Waals surface area contributed by atoms with Crippen molar-refractivity contribution in [3.05, 3.63) is 71.1 Å². The van der Waals surface area contributed by atoms with Crippen LogP contribution >= 0.6 is 11.6 Å². The summed E-state index contributed by atoms with van der Waals surface area (Å²) in [5.74, 6) is 0.784. The standard InChI is InChI=1S/C27H28ClFN2O/c1-17(26(32)31-22-5-2-20(28)3-6-22)19-15-27(16-19)11-8-18(9-12-27)23-10-13-30-25-7-4-21(29)14-24(23)25/h2-7,10,13-14,17-19H,8-9,11-12,15-16H2,1H3,(H,31,32). The minimum absolute atomic E-state index is 0.00106. The molecule has 1 atom stereocenters. The van der Waals surface area contributed by atoms with Crippen molar-refractivity contribution in [2.75, 3.05) is 5.32 Å². The van der Waals surface area contributed by atoms with Gasteiger partial charge in [-0.2, -0.15) is 0 Å². The maximum atomic E-state index is 13.8. The van der Waals surface area contributed by atoms with E-state index in [0.29, 0.717) is 22.3 Å². The first-order chi connectivity index (χ1) is 15.4. The Morgan fingerprint density at radius 3 is 2.56 bits per heavy atom. The first-order valence-corrected chi connectivity index (χ1v) is 11.9. The third-order valence-electron chi connectivity index (χ3n) is 7.85. The van der Waals surface area contributed by atoms with E-state index in [1.54, 1.807) is 24.3 Å². The Balaban J connectivity index is 1.18. The van der Waals surface area contributed by atoms with Crippen molar-refractivity contribution in [1.82, 2.24) is 4.98 Å². The van der Waals surface area contributed by atoms with Crippen LogP contribution in [0.5, 0.6) is 0 Å². The van der Waals surface area contributed by atoms with Crippen LogP contribution in [-0.4, -0.2) is 10.9 Å². The fourth-order valence-corrected chi connectivity index (χ4v) is 5.98. The molecular weight excluding hydrogens is 423 g/mol. The summed E-state index contributed by atoms with van der Waals surface area (Å²) in [5, 5.41) is 4.64. The normalized spacial score (nSPS) is 26.0. The van der Waals surface area contributed by atoms with Gasteiger partial charge in [-0.15, -0.1) is 0 Å². The first-order valence-electron chi connectivity index (χ1n) is 11.5. The van der Waals surface area contributed by atoms with E-state index in [9.17, 15) is 9.18 Å². The van der Waals surface area contributed by atoms with Gasteiger partial charge in [0.15, 0.2) is 0 Å². The number of hydrogen-bond acceptors (Lipinski definition) is 2. The third-order valence-corrected chi connectivity index (χ3v) is 8.10. The van der Waals surface area contributed by atoms with Crippen LogP contribution in [-0.2, 0) is 4.79 Å². The lowest BCUT2D eigenvalue weighted by molar-refractivity contribution is -0.125. The highest BCUT2D eigenvalue weighted by molar-refractivity contribution is 6.30. The maximum Gasteiger partial charge on any atom is 0.227 e. The van der Waals surface area contributed by atoms with E-state index < -0.39 is 0 Å². The largest absolute Gasteiger partial charge is 0.326 e. The van der Waals surface area contributed by atoms with Gasteiger partial charge in [-0.3, -0.25) is 9.78 Å². The molecule has 1 heterocycles. The number of benzene rings is 2. The van der Waals surface area contributed by atoms with Crippen molar-refractivity contribution in [3.63, 3.8) is 0 Å². The number of aromatic nitrogens is 1. The third kappa shape index (κ3) is 4.13. The van der Waals surface area contributed by atoms with Crippen molar-refractivity contribution in [1.29, 1.82) is 0 Å². The van der Waals surface area contributed by atoms with Crippen LogP contribution in [0.1, 0.15) is 56.9 Å². The van der Waals surface area contributed by atoms with Crippen LogP contribution in [0.3, 0.4) is 0 Å². The molecule has 3 nitrogen and oxygen atoms in total. The molecular formula is C27H28ClFN2O. The molecule has 1 unspecified atom stereocenters. The average molecular weight is 451 g/mol. The van der Waals surface area contributed by atoms with E-state index in [1.165, 1.54) is 24.5 Å². The van der Waals surface area contributed by atoms with Crippen LogP contribution < -0.4 is 5.32 Å². The van der Waals surface area contributed by atoms with E-state index in [2.05, 4.69) is 16.4 Å². The highest BCUT2D eigenvalue weighted by Gasteiger charge is 2.48. The zero-order valence-electron chi connectivity index (χ0n) is 18.3. The van der Waals surface area contributed by atoms with Gasteiger partial charge in [0.05, 0.1) is 5.52 Å². The van der Waals surface area contributed by atoms with Crippen molar-refractivity contribution in [2.45, 2.75) is 51.4 Å². The number of nitrogens with zero attached hydrogens (tertiary/aromatic N) is 1. The van der Waals surface area contributed by atoms with Gasteiger partial charge in [-0.1, -0.05) is 18.5 Å². The molecule has 2 aliphatic rings. The first kappa shape index (κ1) is 21.4. The number of carbonyl (C=O) groups is 1. The number of anilines is 1. The highest BCUT2D eigenvalue weighted by Crippen LogP contribution is 2.59. The van der Waals surface area contributed by atoms with Crippen molar-refractivity contribution in [3.8, 4) is 0 Å². The highest BCUT2D eigenvalue weighted by atomic mass is 35.5. The van der Waals surface area contributed by atoms with E-state index in [1.807, 2.05) is 25.3 Å². The lowest BCUT2D eigenvalue weighted by Gasteiger charge is -2.53. The molecule has 1 amide bonds. The van der Waals surface area contributed by atoms with E-state index in [0.717, 1.165) is 42.3 Å². The molecule has 1 aromatic heterocycles. The van der Waals surface area contributed by atoms with Gasteiger partial charge in [0.25, 0.3) is 0 Å². The smallest absolute Gasteiger partial charge is 0.227 e. The summed E-state index contributed by atoms with van der Waals surface area (Å²) < 4.78 is 13.8. The van der Waals surface area contributed by atoms with Gasteiger partial charge in [0.2, 0.25) is 5.91 Å². The number of rotatable bonds is 4. The fraction of sp³-hybridized carbons (Fsp3) is 0.407. The topological polar surface area (TPSA) is 42.0 Å². The molecule has 0 radical (unpaired) electrons. The van der Waals surface area contributed by atoms with Gasteiger partial charge in [-0.05, 0) is 110 Å². The lowest BCUT2D eigenvalue weighted by Crippen LogP contribution is -2.45. The minimum Gasteiger partial charge on any atom is -0.326 e. The van der Waals surface area contributed by atoms with Gasteiger partial charge in [-0.25, -0.2) is 4.39 Å². The van der Waals surface area contributed by atoms with Crippen LogP contribution in [0.4, 0.5) is 10.1 Å². The second-order valence-corrected chi connectivity index (χ2v) is 10.2. The molecule has 2 aliphatic carbocycles. The molecule has 1 N–H and O–H groups in total. The van der Waals surface area contributed by atoms with Gasteiger partial charge < -0.3 is 5.32 Å². The van der Waals surface area contributed by atoms with Gasteiger partial charge >= 0.3 is 0 Å². The number of halogens is 2. The summed E-state index contributed by atoms with van der Waals surface area (Å²) in [5.41, 5.74) is 3.27. The second kappa shape index (κ2) is 8.47. The summed E-state index contributed by atoms with van der Waals surface area (Å²) in [6.07, 6.45) is 8.70. The van der Waals surface area contributed by atoms with Gasteiger partial charge in [0.1, 0.15) is 5.82 Å². The van der Waals surface area contributed by atoms with Gasteiger partial charge in [0, 0.05) is 28.2 Å². The summed E-state index contributed by atoms with van der Waals surface area (Å²) in [7, 11) is 0. The van der Waals surface area contributed by atoms with Crippen molar-refractivity contribution < 1.29 is 9.18 Å². The number of hydrogen-bond donors (Lipinski definition) is 1. The number of amides is 1. The Morgan fingerprint density at radius 1 is 1.12 bits per heavy atom. The number of carbonyl (C=O) groups excluding carboxylic acids is 1. The van der Waals surface area contributed by atoms with Crippen molar-refractivity contribution in [2.24, 2.45) is 17.3 Å². The molecule has 2 aromatic carbocycles. The number of pyridine rings is 1. The predicted octanol–water partition coefficient (Wildman–Crippen LogP) is 7.36. The quantitative estimate of drug-likeness (QED) is 0.451. The van der Waals surface area contributed by atoms with Crippen LogP contribution in [0.15, 0.2) is 54.7 Å². The van der Waals surface area contributed by atoms with Crippen LogP contribution in [0.25, 0.3) is 10.9 Å². The molecule has 32 heavy (non-hydrogen) atoms. The Labute approximate surface area is 193 Å². The Kier molecular flexibility index (Phi) is 5.66.